The molecule has 4 rings (SSSR count). The van der Waals surface area contributed by atoms with Crippen molar-refractivity contribution in [1.29, 1.82) is 0 Å². The minimum atomic E-state index is -0.601. The van der Waals surface area contributed by atoms with Crippen molar-refractivity contribution in [3.63, 3.8) is 0 Å². The average molecular weight is 426 g/mol. The fourth-order valence-corrected chi connectivity index (χ4v) is 3.78. The molecule has 2 aromatic heterocycles. The van der Waals surface area contributed by atoms with E-state index in [1.807, 2.05) is 17.5 Å². The molecule has 10 heteroatoms. The summed E-state index contributed by atoms with van der Waals surface area (Å²) >= 11 is 1.44. The molecule has 0 unspecified atom stereocenters. The number of urea groups is 1. The van der Waals surface area contributed by atoms with Gasteiger partial charge in [0.25, 0.3) is 0 Å². The number of esters is 1. The van der Waals surface area contributed by atoms with Crippen LogP contribution in [0, 0.1) is 0 Å². The summed E-state index contributed by atoms with van der Waals surface area (Å²) in [5.41, 5.74) is 1.43. The van der Waals surface area contributed by atoms with Crippen molar-refractivity contribution in [2.75, 3.05) is 13.2 Å². The van der Waals surface area contributed by atoms with Gasteiger partial charge in [0.2, 0.25) is 12.3 Å². The van der Waals surface area contributed by atoms with Crippen LogP contribution in [0.15, 0.2) is 63.9 Å². The third-order valence-corrected chi connectivity index (χ3v) is 5.26. The molecule has 0 bridgehead atoms. The molecular weight excluding hydrogens is 408 g/mol. The lowest BCUT2D eigenvalue weighted by atomic mass is 10.0. The van der Waals surface area contributed by atoms with E-state index in [4.69, 9.17) is 13.9 Å². The first-order valence-corrected chi connectivity index (χ1v) is 10.0. The molecule has 154 valence electrons. The van der Waals surface area contributed by atoms with E-state index in [-0.39, 0.29) is 13.2 Å². The summed E-state index contributed by atoms with van der Waals surface area (Å²) in [5, 5.41) is 14.8. The molecule has 1 aliphatic heterocycles. The zero-order valence-electron chi connectivity index (χ0n) is 16.0. The highest BCUT2D eigenvalue weighted by Gasteiger charge is 2.34. The normalized spacial score (nSPS) is 16.0. The lowest BCUT2D eigenvalue weighted by Gasteiger charge is -2.28. The Morgan fingerprint density at radius 3 is 2.77 bits per heavy atom. The molecule has 2 N–H and O–H groups in total. The zero-order valence-corrected chi connectivity index (χ0v) is 16.8. The van der Waals surface area contributed by atoms with E-state index < -0.39 is 18.0 Å². The molecule has 3 aromatic rings. The van der Waals surface area contributed by atoms with Gasteiger partial charge >= 0.3 is 12.0 Å². The Bertz CT molecular complexity index is 1050. The lowest BCUT2D eigenvalue weighted by Crippen LogP contribution is -2.47. The van der Waals surface area contributed by atoms with Gasteiger partial charge in [0.1, 0.15) is 12.4 Å². The van der Waals surface area contributed by atoms with E-state index in [0.717, 1.165) is 10.4 Å². The predicted octanol–water partition coefficient (Wildman–Crippen LogP) is 3.05. The van der Waals surface area contributed by atoms with Crippen molar-refractivity contribution in [2.24, 2.45) is 0 Å². The van der Waals surface area contributed by atoms with Crippen molar-refractivity contribution >= 4 is 23.3 Å². The van der Waals surface area contributed by atoms with Gasteiger partial charge in [-0.15, -0.1) is 21.5 Å². The second kappa shape index (κ2) is 8.78. The summed E-state index contributed by atoms with van der Waals surface area (Å²) in [6, 6.07) is 9.74. The highest BCUT2D eigenvalue weighted by atomic mass is 32.1. The zero-order chi connectivity index (χ0) is 20.9. The van der Waals surface area contributed by atoms with Crippen LogP contribution in [0.3, 0.4) is 0 Å². The number of amides is 2. The number of rotatable bonds is 7. The van der Waals surface area contributed by atoms with Gasteiger partial charge in [-0.05, 0) is 42.6 Å². The fraction of sp³-hybridized carbons (Fsp3) is 0.200. The fourth-order valence-electron chi connectivity index (χ4n) is 3.00. The van der Waals surface area contributed by atoms with Crippen LogP contribution in [-0.2, 0) is 9.53 Å². The van der Waals surface area contributed by atoms with Crippen molar-refractivity contribution in [3.05, 3.63) is 64.3 Å². The number of aromatic nitrogens is 2. The molecule has 0 saturated heterocycles. The average Bonchev–Trinajstić information content (AvgIpc) is 3.46. The Labute approximate surface area is 175 Å². The molecule has 1 aromatic carbocycles. The first-order chi connectivity index (χ1) is 14.7. The number of carbonyl (C=O) groups is 2. The van der Waals surface area contributed by atoms with Crippen molar-refractivity contribution < 1.29 is 23.5 Å². The van der Waals surface area contributed by atoms with Gasteiger partial charge < -0.3 is 24.5 Å². The van der Waals surface area contributed by atoms with Crippen LogP contribution in [0.4, 0.5) is 4.79 Å². The summed E-state index contributed by atoms with van der Waals surface area (Å²) in [6.07, 6.45) is 1.26. The number of nitrogens with one attached hydrogen (secondary N) is 2. The van der Waals surface area contributed by atoms with Crippen LogP contribution in [0.5, 0.6) is 5.75 Å². The molecule has 0 spiro atoms. The van der Waals surface area contributed by atoms with Crippen LogP contribution < -0.4 is 15.4 Å². The van der Waals surface area contributed by atoms with Crippen LogP contribution in [0.2, 0.25) is 0 Å². The summed E-state index contributed by atoms with van der Waals surface area (Å²) in [4.78, 5) is 25.7. The first-order valence-electron chi connectivity index (χ1n) is 9.16. The standard InChI is InChI=1S/C20H18N4O5S/c1-2-27-19(25)16-14(22-20(26)23-17(16)15-4-3-9-30-15)10-28-13-7-5-12(6-8-13)18-24-21-11-29-18/h3-9,11,17H,2,10H2,1H3,(H2,22,23,26)/t17-/m0/s1. The van der Waals surface area contributed by atoms with Crippen molar-refractivity contribution in [2.45, 2.75) is 13.0 Å². The van der Waals surface area contributed by atoms with Crippen molar-refractivity contribution in [3.8, 4) is 17.2 Å². The SMILES string of the molecule is CCOC(=O)C1=C(COc2ccc(-c3nnco3)cc2)NC(=O)N[C@H]1c1cccs1. The van der Waals surface area contributed by atoms with E-state index in [0.29, 0.717) is 22.9 Å². The molecule has 0 aliphatic carbocycles. The maximum Gasteiger partial charge on any atom is 0.338 e. The van der Waals surface area contributed by atoms with Crippen LogP contribution in [0.25, 0.3) is 11.5 Å². The van der Waals surface area contributed by atoms with Crippen LogP contribution >= 0.6 is 11.3 Å². The number of hydrogen-bond donors (Lipinski definition) is 2. The Morgan fingerprint density at radius 2 is 2.10 bits per heavy atom. The molecule has 0 radical (unpaired) electrons. The molecule has 1 aliphatic rings. The molecule has 9 nitrogen and oxygen atoms in total. The van der Waals surface area contributed by atoms with Gasteiger partial charge in [0.05, 0.1) is 23.9 Å². The van der Waals surface area contributed by atoms with Gasteiger partial charge in [-0.2, -0.15) is 0 Å². The summed E-state index contributed by atoms with van der Waals surface area (Å²) in [6.45, 7) is 1.94. The van der Waals surface area contributed by atoms with E-state index in [9.17, 15) is 9.59 Å². The maximum atomic E-state index is 12.7. The number of carbonyl (C=O) groups excluding carboxylic acids is 2. The smallest absolute Gasteiger partial charge is 0.338 e. The number of benzene rings is 1. The summed E-state index contributed by atoms with van der Waals surface area (Å²) in [7, 11) is 0. The Hall–Kier alpha value is -3.66. The molecule has 2 amide bonds. The van der Waals surface area contributed by atoms with E-state index in [1.165, 1.54) is 17.7 Å². The second-order valence-corrected chi connectivity index (χ2v) is 7.20. The summed E-state index contributed by atoms with van der Waals surface area (Å²) < 4.78 is 16.2. The number of nitrogens with zero attached hydrogens (tertiary/aromatic N) is 2. The van der Waals surface area contributed by atoms with Gasteiger partial charge in [0.15, 0.2) is 0 Å². The topological polar surface area (TPSA) is 116 Å². The minimum absolute atomic E-state index is 0.0106. The number of ether oxygens (including phenoxy) is 2. The lowest BCUT2D eigenvalue weighted by molar-refractivity contribution is -0.139. The number of hydrogen-bond acceptors (Lipinski definition) is 8. The highest BCUT2D eigenvalue weighted by molar-refractivity contribution is 7.10. The maximum absolute atomic E-state index is 12.7. The van der Waals surface area contributed by atoms with Gasteiger partial charge in [-0.3, -0.25) is 0 Å². The molecule has 3 heterocycles. The van der Waals surface area contributed by atoms with Gasteiger partial charge in [0, 0.05) is 10.4 Å². The largest absolute Gasteiger partial charge is 0.487 e. The second-order valence-electron chi connectivity index (χ2n) is 6.22. The third kappa shape index (κ3) is 4.18. The van der Waals surface area contributed by atoms with E-state index in [2.05, 4.69) is 20.8 Å². The van der Waals surface area contributed by atoms with Gasteiger partial charge in [-0.1, -0.05) is 6.07 Å². The predicted molar refractivity (Wildman–Crippen MR) is 108 cm³/mol. The molecule has 30 heavy (non-hydrogen) atoms. The quantitative estimate of drug-likeness (QED) is 0.558. The molecule has 1 atom stereocenters. The van der Waals surface area contributed by atoms with Crippen LogP contribution in [-0.4, -0.2) is 35.4 Å². The molecular formula is C20H18N4O5S. The van der Waals surface area contributed by atoms with Crippen LogP contribution in [0.1, 0.15) is 17.8 Å². The first kappa shape index (κ1) is 19.6. The Balaban J connectivity index is 1.58. The van der Waals surface area contributed by atoms with Crippen molar-refractivity contribution in [1.82, 2.24) is 20.8 Å². The van der Waals surface area contributed by atoms with E-state index >= 15 is 0 Å². The van der Waals surface area contributed by atoms with E-state index in [1.54, 1.807) is 31.2 Å². The monoisotopic (exact) mass is 426 g/mol. The third-order valence-electron chi connectivity index (χ3n) is 4.32. The van der Waals surface area contributed by atoms with Gasteiger partial charge in [-0.25, -0.2) is 9.59 Å². The number of thiophene rings is 1. The highest BCUT2D eigenvalue weighted by Crippen LogP contribution is 2.31. The Morgan fingerprint density at radius 1 is 1.27 bits per heavy atom. The molecule has 0 saturated carbocycles. The molecule has 0 fully saturated rings. The minimum Gasteiger partial charge on any atom is -0.487 e. The Kier molecular flexibility index (Phi) is 5.75. The summed E-state index contributed by atoms with van der Waals surface area (Å²) in [5.74, 6) is 0.446.